The van der Waals surface area contributed by atoms with Gasteiger partial charge in [-0.25, -0.2) is 0 Å². The number of rotatable bonds is 3. The zero-order valence-electron chi connectivity index (χ0n) is 9.08. The molecule has 0 fully saturated rings. The summed E-state index contributed by atoms with van der Waals surface area (Å²) in [4.78, 5) is 0. The highest BCUT2D eigenvalue weighted by Crippen LogP contribution is 2.32. The third-order valence-corrected chi connectivity index (χ3v) is 6.40. The molecule has 0 atom stereocenters. The van der Waals surface area contributed by atoms with E-state index < -0.39 is 8.07 Å². The maximum Gasteiger partial charge on any atom is 0.0384 e. The van der Waals surface area contributed by atoms with E-state index in [-0.39, 0.29) is 0 Å². The first-order valence-electron chi connectivity index (χ1n) is 4.76. The molecule has 2 heteroatoms. The van der Waals surface area contributed by atoms with Gasteiger partial charge in [-0.3, -0.25) is 0 Å². The second kappa shape index (κ2) is 4.76. The van der Waals surface area contributed by atoms with Crippen LogP contribution in [0.2, 0.25) is 19.6 Å². The van der Waals surface area contributed by atoms with E-state index in [9.17, 15) is 0 Å². The number of allylic oxidation sites excluding steroid dienone is 5. The Morgan fingerprint density at radius 2 is 2.14 bits per heavy atom. The van der Waals surface area contributed by atoms with Gasteiger partial charge >= 0.3 is 0 Å². The summed E-state index contributed by atoms with van der Waals surface area (Å²) < 4.78 is 1.51. The average molecular weight is 221 g/mol. The molecule has 0 nitrogen and oxygen atoms in total. The first kappa shape index (κ1) is 11.5. The molecule has 0 spiro atoms. The molecule has 0 amide bonds. The first-order chi connectivity index (χ1) is 6.55. The Bertz CT molecular complexity index is 303. The third-order valence-electron chi connectivity index (χ3n) is 1.92. The average Bonchev–Trinajstić information content (AvgIpc) is 2.14. The van der Waals surface area contributed by atoms with Crippen molar-refractivity contribution in [2.24, 2.45) is 0 Å². The summed E-state index contributed by atoms with van der Waals surface area (Å²) >= 11 is 1.78. The van der Waals surface area contributed by atoms with Crippen molar-refractivity contribution in [1.82, 2.24) is 0 Å². The molecule has 0 saturated heterocycles. The lowest BCUT2D eigenvalue weighted by atomic mass is 10.1. The van der Waals surface area contributed by atoms with Crippen LogP contribution in [0.5, 0.6) is 0 Å². The smallest absolute Gasteiger partial charge is 0.0384 e. The van der Waals surface area contributed by atoms with Crippen LogP contribution in [-0.2, 0) is 0 Å². The SMILES string of the molecule is C=CSC(=C1C=CC=C[CH-]1)[Si](C)(C)C. The Morgan fingerprint density at radius 3 is 2.57 bits per heavy atom. The van der Waals surface area contributed by atoms with Crippen LogP contribution in [0.1, 0.15) is 0 Å². The second-order valence-electron chi connectivity index (χ2n) is 4.23. The van der Waals surface area contributed by atoms with E-state index in [2.05, 4.69) is 56.9 Å². The van der Waals surface area contributed by atoms with Crippen molar-refractivity contribution in [1.29, 1.82) is 0 Å². The summed E-state index contributed by atoms with van der Waals surface area (Å²) in [5.41, 5.74) is 1.36. The van der Waals surface area contributed by atoms with Crippen LogP contribution in [0, 0.1) is 6.42 Å². The molecule has 1 aliphatic rings. The lowest BCUT2D eigenvalue weighted by Crippen LogP contribution is -2.23. The van der Waals surface area contributed by atoms with Gasteiger partial charge in [-0.1, -0.05) is 30.7 Å². The molecular formula is C12H17SSi-. The van der Waals surface area contributed by atoms with Crippen LogP contribution < -0.4 is 0 Å². The van der Waals surface area contributed by atoms with E-state index in [1.165, 1.54) is 10.1 Å². The van der Waals surface area contributed by atoms with E-state index in [0.717, 1.165) is 0 Å². The summed E-state index contributed by atoms with van der Waals surface area (Å²) in [5.74, 6) is 0. The minimum Gasteiger partial charge on any atom is -0.157 e. The monoisotopic (exact) mass is 221 g/mol. The van der Waals surface area contributed by atoms with Crippen LogP contribution in [0.4, 0.5) is 0 Å². The van der Waals surface area contributed by atoms with Crippen LogP contribution in [0.15, 0.2) is 46.4 Å². The molecule has 0 saturated carbocycles. The van der Waals surface area contributed by atoms with Gasteiger partial charge in [-0.05, 0) is 5.41 Å². The number of hydrogen-bond donors (Lipinski definition) is 0. The van der Waals surface area contributed by atoms with Gasteiger partial charge < -0.3 is 0 Å². The quantitative estimate of drug-likeness (QED) is 0.505. The number of thioether (sulfide) groups is 1. The molecule has 0 aromatic heterocycles. The molecule has 76 valence electrons. The minimum absolute atomic E-state index is 1.24. The lowest BCUT2D eigenvalue weighted by Gasteiger charge is -2.28. The van der Waals surface area contributed by atoms with Gasteiger partial charge in [-0.15, -0.1) is 36.3 Å². The predicted octanol–water partition coefficient (Wildman–Crippen LogP) is 4.32. The van der Waals surface area contributed by atoms with Crippen LogP contribution in [0.25, 0.3) is 0 Å². The van der Waals surface area contributed by atoms with Crippen molar-refractivity contribution < 1.29 is 0 Å². The topological polar surface area (TPSA) is 0 Å². The van der Waals surface area contributed by atoms with Gasteiger partial charge in [0.2, 0.25) is 0 Å². The van der Waals surface area contributed by atoms with Crippen LogP contribution >= 0.6 is 11.8 Å². The van der Waals surface area contributed by atoms with Crippen molar-refractivity contribution in [3.05, 3.63) is 52.8 Å². The highest BCUT2D eigenvalue weighted by atomic mass is 32.2. The normalized spacial score (nSPS) is 19.1. The number of hydrogen-bond acceptors (Lipinski definition) is 1. The minimum atomic E-state index is -1.24. The van der Waals surface area contributed by atoms with Crippen LogP contribution in [0.3, 0.4) is 0 Å². The zero-order chi connectivity index (χ0) is 10.6. The van der Waals surface area contributed by atoms with Crippen molar-refractivity contribution in [2.45, 2.75) is 19.6 Å². The summed E-state index contributed by atoms with van der Waals surface area (Å²) in [6.07, 6.45) is 10.6. The molecule has 0 heterocycles. The Labute approximate surface area is 92.5 Å². The third kappa shape index (κ3) is 2.96. The van der Waals surface area contributed by atoms with Crippen molar-refractivity contribution >= 4 is 19.8 Å². The fourth-order valence-electron chi connectivity index (χ4n) is 1.35. The highest BCUT2D eigenvalue weighted by molar-refractivity contribution is 8.07. The first-order valence-corrected chi connectivity index (χ1v) is 9.14. The van der Waals surface area contributed by atoms with Gasteiger partial charge in [0.1, 0.15) is 0 Å². The van der Waals surface area contributed by atoms with E-state index in [1.54, 1.807) is 11.8 Å². The molecule has 0 unspecified atom stereocenters. The highest BCUT2D eigenvalue weighted by Gasteiger charge is 2.17. The maximum atomic E-state index is 3.80. The molecule has 0 bridgehead atoms. The van der Waals surface area contributed by atoms with Gasteiger partial charge in [-0.2, -0.15) is 11.8 Å². The molecular weight excluding hydrogens is 204 g/mol. The van der Waals surface area contributed by atoms with E-state index in [1.807, 2.05) is 5.41 Å². The van der Waals surface area contributed by atoms with Crippen molar-refractivity contribution in [2.75, 3.05) is 0 Å². The summed E-state index contributed by atoms with van der Waals surface area (Å²) in [6.45, 7) is 10.9. The van der Waals surface area contributed by atoms with Crippen molar-refractivity contribution in [3.63, 3.8) is 0 Å². The Kier molecular flexibility index (Phi) is 3.90. The van der Waals surface area contributed by atoms with Crippen LogP contribution in [-0.4, -0.2) is 8.07 Å². The molecule has 0 radical (unpaired) electrons. The summed E-state index contributed by atoms with van der Waals surface area (Å²) in [7, 11) is -1.24. The summed E-state index contributed by atoms with van der Waals surface area (Å²) in [6, 6.07) is 0. The fourth-order valence-corrected chi connectivity index (χ4v) is 4.49. The van der Waals surface area contributed by atoms with E-state index in [4.69, 9.17) is 0 Å². The standard InChI is InChI=1S/C12H17SSi/c1-5-13-12(14(2,3)4)11-9-7-6-8-10-11/h5-10H,1H2,2-4H3/q-1. The van der Waals surface area contributed by atoms with E-state index in [0.29, 0.717) is 0 Å². The lowest BCUT2D eigenvalue weighted by molar-refractivity contribution is 1.51. The van der Waals surface area contributed by atoms with Gasteiger partial charge in [0.05, 0.1) is 0 Å². The molecule has 0 N–H and O–H groups in total. The van der Waals surface area contributed by atoms with Gasteiger partial charge in [0.25, 0.3) is 0 Å². The van der Waals surface area contributed by atoms with Crippen molar-refractivity contribution in [3.8, 4) is 0 Å². The molecule has 0 aromatic carbocycles. The van der Waals surface area contributed by atoms with E-state index >= 15 is 0 Å². The predicted molar refractivity (Wildman–Crippen MR) is 70.7 cm³/mol. The Balaban J connectivity index is 3.02. The molecule has 0 aromatic rings. The Hall–Kier alpha value is -0.603. The summed E-state index contributed by atoms with van der Waals surface area (Å²) in [5, 5.41) is 1.93. The molecule has 0 aliphatic heterocycles. The Morgan fingerprint density at radius 1 is 1.43 bits per heavy atom. The molecule has 1 rings (SSSR count). The van der Waals surface area contributed by atoms with Gasteiger partial charge in [0, 0.05) is 8.07 Å². The molecule has 14 heavy (non-hydrogen) atoms. The second-order valence-corrected chi connectivity index (χ2v) is 10.6. The van der Waals surface area contributed by atoms with Gasteiger partial charge in [0.15, 0.2) is 0 Å². The fraction of sp³-hybridized carbons (Fsp3) is 0.250. The largest absolute Gasteiger partial charge is 0.157 e. The zero-order valence-corrected chi connectivity index (χ0v) is 10.9. The molecule has 1 aliphatic carbocycles. The maximum absolute atomic E-state index is 3.80.